The smallest absolute Gasteiger partial charge is 0.225 e. The standard InChI is InChI=1S/C16H21N3O2/c1-9-6-5-7-13(16(9)21)17-14(20)8-10(2)15-11(3)18-19-12(15)4/h5-7,10,21H,8H2,1-4H3,(H,17,20)(H,18,19). The highest BCUT2D eigenvalue weighted by atomic mass is 16.3. The minimum absolute atomic E-state index is 0.0655. The van der Waals surface area contributed by atoms with Gasteiger partial charge in [0.15, 0.2) is 0 Å². The fourth-order valence-electron chi connectivity index (χ4n) is 2.63. The third-order valence-corrected chi connectivity index (χ3v) is 3.68. The second-order valence-corrected chi connectivity index (χ2v) is 5.47. The van der Waals surface area contributed by atoms with Crippen LogP contribution in [0.15, 0.2) is 18.2 Å². The summed E-state index contributed by atoms with van der Waals surface area (Å²) in [5, 5.41) is 19.8. The molecule has 0 fully saturated rings. The molecule has 1 atom stereocenters. The quantitative estimate of drug-likeness (QED) is 0.756. The molecule has 0 saturated heterocycles. The van der Waals surface area contributed by atoms with E-state index in [4.69, 9.17) is 0 Å². The molecular formula is C16H21N3O2. The second kappa shape index (κ2) is 5.99. The Morgan fingerprint density at radius 2 is 2.10 bits per heavy atom. The van der Waals surface area contributed by atoms with Gasteiger partial charge in [-0.15, -0.1) is 0 Å². The molecule has 0 radical (unpaired) electrons. The first kappa shape index (κ1) is 15.1. The van der Waals surface area contributed by atoms with Crippen molar-refractivity contribution in [1.29, 1.82) is 0 Å². The van der Waals surface area contributed by atoms with Gasteiger partial charge in [0.1, 0.15) is 5.75 Å². The lowest BCUT2D eigenvalue weighted by atomic mass is 9.95. The van der Waals surface area contributed by atoms with Gasteiger partial charge in [0, 0.05) is 12.1 Å². The van der Waals surface area contributed by atoms with Crippen LogP contribution in [0.25, 0.3) is 0 Å². The van der Waals surface area contributed by atoms with E-state index in [1.54, 1.807) is 25.1 Å². The van der Waals surface area contributed by atoms with Gasteiger partial charge < -0.3 is 10.4 Å². The molecule has 0 bridgehead atoms. The Bertz CT molecular complexity index is 642. The molecule has 2 rings (SSSR count). The van der Waals surface area contributed by atoms with Crippen LogP contribution >= 0.6 is 0 Å². The highest BCUT2D eigenvalue weighted by Crippen LogP contribution is 2.28. The zero-order valence-corrected chi connectivity index (χ0v) is 12.8. The number of para-hydroxylation sites is 1. The van der Waals surface area contributed by atoms with E-state index in [-0.39, 0.29) is 17.6 Å². The largest absolute Gasteiger partial charge is 0.505 e. The van der Waals surface area contributed by atoms with Crippen molar-refractivity contribution < 1.29 is 9.90 Å². The van der Waals surface area contributed by atoms with Crippen LogP contribution in [0.5, 0.6) is 5.75 Å². The summed E-state index contributed by atoms with van der Waals surface area (Å²) >= 11 is 0. The summed E-state index contributed by atoms with van der Waals surface area (Å²) in [5.41, 5.74) is 4.19. The van der Waals surface area contributed by atoms with E-state index in [2.05, 4.69) is 15.5 Å². The molecule has 0 saturated carbocycles. The van der Waals surface area contributed by atoms with Crippen molar-refractivity contribution in [2.45, 2.75) is 40.0 Å². The number of phenols is 1. The van der Waals surface area contributed by atoms with Crippen LogP contribution in [0.1, 0.15) is 41.8 Å². The monoisotopic (exact) mass is 287 g/mol. The van der Waals surface area contributed by atoms with E-state index in [9.17, 15) is 9.90 Å². The molecule has 5 nitrogen and oxygen atoms in total. The number of aromatic amines is 1. The summed E-state index contributed by atoms with van der Waals surface area (Å²) in [7, 11) is 0. The van der Waals surface area contributed by atoms with Gasteiger partial charge in [-0.1, -0.05) is 19.1 Å². The maximum absolute atomic E-state index is 12.2. The average Bonchev–Trinajstić information content (AvgIpc) is 2.74. The fraction of sp³-hybridized carbons (Fsp3) is 0.375. The molecular weight excluding hydrogens is 266 g/mol. The fourth-order valence-corrected chi connectivity index (χ4v) is 2.63. The summed E-state index contributed by atoms with van der Waals surface area (Å²) in [6, 6.07) is 5.30. The number of carbonyl (C=O) groups excluding carboxylic acids is 1. The van der Waals surface area contributed by atoms with E-state index >= 15 is 0 Å². The molecule has 1 aromatic carbocycles. The number of aryl methyl sites for hydroxylation is 3. The maximum Gasteiger partial charge on any atom is 0.225 e. The third-order valence-electron chi connectivity index (χ3n) is 3.68. The summed E-state index contributed by atoms with van der Waals surface area (Å²) in [6.07, 6.45) is 0.342. The second-order valence-electron chi connectivity index (χ2n) is 5.47. The van der Waals surface area contributed by atoms with Crippen molar-refractivity contribution in [3.05, 3.63) is 40.7 Å². The van der Waals surface area contributed by atoms with E-state index in [1.807, 2.05) is 20.8 Å². The summed E-state index contributed by atoms with van der Waals surface area (Å²) in [6.45, 7) is 7.68. The van der Waals surface area contributed by atoms with Crippen molar-refractivity contribution >= 4 is 11.6 Å². The number of hydrogen-bond donors (Lipinski definition) is 3. The van der Waals surface area contributed by atoms with Crippen LogP contribution in [0.4, 0.5) is 5.69 Å². The number of amides is 1. The molecule has 1 unspecified atom stereocenters. The van der Waals surface area contributed by atoms with Crippen LogP contribution in [-0.2, 0) is 4.79 Å². The minimum Gasteiger partial charge on any atom is -0.505 e. The number of hydrogen-bond acceptors (Lipinski definition) is 3. The van der Waals surface area contributed by atoms with Crippen molar-refractivity contribution in [3.8, 4) is 5.75 Å². The summed E-state index contributed by atoms with van der Waals surface area (Å²) in [5.74, 6) is 0.0632. The van der Waals surface area contributed by atoms with E-state index in [0.717, 1.165) is 22.5 Å². The number of nitrogens with zero attached hydrogens (tertiary/aromatic N) is 1. The van der Waals surface area contributed by atoms with Crippen LogP contribution in [-0.4, -0.2) is 21.2 Å². The first-order valence-electron chi connectivity index (χ1n) is 7.00. The highest BCUT2D eigenvalue weighted by molar-refractivity contribution is 5.92. The van der Waals surface area contributed by atoms with E-state index in [0.29, 0.717) is 12.1 Å². The number of nitrogens with one attached hydrogen (secondary N) is 2. The Morgan fingerprint density at radius 1 is 1.38 bits per heavy atom. The lowest BCUT2D eigenvalue weighted by Crippen LogP contribution is -2.15. The SMILES string of the molecule is Cc1cccc(NC(=O)CC(C)c2c(C)n[nH]c2C)c1O. The van der Waals surface area contributed by atoms with Gasteiger partial charge in [0.25, 0.3) is 0 Å². The Hall–Kier alpha value is -2.30. The number of anilines is 1. The predicted molar refractivity (Wildman–Crippen MR) is 82.6 cm³/mol. The van der Waals surface area contributed by atoms with Gasteiger partial charge in [-0.05, 0) is 43.9 Å². The first-order valence-corrected chi connectivity index (χ1v) is 7.00. The maximum atomic E-state index is 12.2. The molecule has 5 heteroatoms. The molecule has 0 spiro atoms. The van der Waals surface area contributed by atoms with Crippen molar-refractivity contribution in [1.82, 2.24) is 10.2 Å². The molecule has 1 amide bonds. The molecule has 2 aromatic rings. The molecule has 0 aliphatic heterocycles. The Kier molecular flexibility index (Phi) is 4.31. The Morgan fingerprint density at radius 3 is 2.71 bits per heavy atom. The number of benzene rings is 1. The number of H-pyrrole nitrogens is 1. The normalized spacial score (nSPS) is 12.2. The summed E-state index contributed by atoms with van der Waals surface area (Å²) in [4.78, 5) is 12.2. The van der Waals surface area contributed by atoms with Gasteiger partial charge in [0.05, 0.1) is 11.4 Å². The number of phenolic OH excluding ortho intramolecular Hbond substituents is 1. The van der Waals surface area contributed by atoms with Gasteiger partial charge >= 0.3 is 0 Å². The predicted octanol–water partition coefficient (Wildman–Crippen LogP) is 3.17. The number of rotatable bonds is 4. The van der Waals surface area contributed by atoms with Crippen LogP contribution in [0.3, 0.4) is 0 Å². The van der Waals surface area contributed by atoms with Crippen molar-refractivity contribution in [2.75, 3.05) is 5.32 Å². The molecule has 1 aromatic heterocycles. The van der Waals surface area contributed by atoms with E-state index in [1.165, 1.54) is 0 Å². The average molecular weight is 287 g/mol. The molecule has 21 heavy (non-hydrogen) atoms. The van der Waals surface area contributed by atoms with Gasteiger partial charge in [-0.3, -0.25) is 9.89 Å². The van der Waals surface area contributed by atoms with Gasteiger partial charge in [-0.2, -0.15) is 5.10 Å². The van der Waals surface area contributed by atoms with E-state index < -0.39 is 0 Å². The van der Waals surface area contributed by atoms with Crippen LogP contribution in [0, 0.1) is 20.8 Å². The molecule has 3 N–H and O–H groups in total. The molecule has 0 aliphatic carbocycles. The van der Waals surface area contributed by atoms with Gasteiger partial charge in [-0.25, -0.2) is 0 Å². The Labute approximate surface area is 124 Å². The van der Waals surface area contributed by atoms with Crippen LogP contribution < -0.4 is 5.32 Å². The Balaban J connectivity index is 2.07. The number of aromatic nitrogens is 2. The zero-order valence-electron chi connectivity index (χ0n) is 12.8. The van der Waals surface area contributed by atoms with Gasteiger partial charge in [0.2, 0.25) is 5.91 Å². The lowest BCUT2D eigenvalue weighted by Gasteiger charge is -2.13. The molecule has 0 aliphatic rings. The first-order chi connectivity index (χ1) is 9.90. The van der Waals surface area contributed by atoms with Crippen LogP contribution in [0.2, 0.25) is 0 Å². The molecule has 112 valence electrons. The minimum atomic E-state index is -0.122. The number of aromatic hydroxyl groups is 1. The highest BCUT2D eigenvalue weighted by Gasteiger charge is 2.18. The van der Waals surface area contributed by atoms with Crippen molar-refractivity contribution in [2.24, 2.45) is 0 Å². The zero-order chi connectivity index (χ0) is 15.6. The lowest BCUT2D eigenvalue weighted by molar-refractivity contribution is -0.116. The summed E-state index contributed by atoms with van der Waals surface area (Å²) < 4.78 is 0. The third kappa shape index (κ3) is 3.24. The number of carbonyl (C=O) groups is 1. The molecule has 1 heterocycles. The topological polar surface area (TPSA) is 78.0 Å². The van der Waals surface area contributed by atoms with Crippen molar-refractivity contribution in [3.63, 3.8) is 0 Å².